The molecule has 0 atom stereocenters. The van der Waals surface area contributed by atoms with Gasteiger partial charge in [-0.05, 0) is 42.7 Å². The molecule has 82 valence electrons. The summed E-state index contributed by atoms with van der Waals surface area (Å²) in [5.41, 5.74) is 9.84. The zero-order valence-corrected chi connectivity index (χ0v) is 10.0. The Morgan fingerprint density at radius 2 is 1.81 bits per heavy atom. The second kappa shape index (κ2) is 4.14. The molecule has 0 radical (unpaired) electrons. The van der Waals surface area contributed by atoms with Crippen molar-refractivity contribution in [3.05, 3.63) is 46.6 Å². The van der Waals surface area contributed by atoms with E-state index in [1.165, 1.54) is 0 Å². The van der Waals surface area contributed by atoms with Crippen LogP contribution in [0.3, 0.4) is 0 Å². The standard InChI is InChI=1S/C13H13ClN2/c1-8-3-4-10(6-12(8)14)11-5-9(2)13(15)16-7-11/h3-7H,1-2H3,(H2,15,16). The molecule has 2 aromatic rings. The van der Waals surface area contributed by atoms with E-state index in [4.69, 9.17) is 17.3 Å². The lowest BCUT2D eigenvalue weighted by atomic mass is 10.0. The summed E-state index contributed by atoms with van der Waals surface area (Å²) >= 11 is 6.09. The minimum absolute atomic E-state index is 0.571. The van der Waals surface area contributed by atoms with Crippen LogP contribution < -0.4 is 5.73 Å². The Hall–Kier alpha value is -1.54. The van der Waals surface area contributed by atoms with Gasteiger partial charge in [-0.1, -0.05) is 23.7 Å². The molecule has 0 unspecified atom stereocenters. The van der Waals surface area contributed by atoms with Crippen LogP contribution in [-0.4, -0.2) is 4.98 Å². The molecule has 0 aliphatic carbocycles. The lowest BCUT2D eigenvalue weighted by molar-refractivity contribution is 1.28. The highest BCUT2D eigenvalue weighted by Gasteiger charge is 2.03. The Kier molecular flexibility index (Phi) is 2.84. The molecule has 0 amide bonds. The molecule has 2 nitrogen and oxygen atoms in total. The molecule has 0 aliphatic rings. The van der Waals surface area contributed by atoms with Gasteiger partial charge in [-0.15, -0.1) is 0 Å². The zero-order chi connectivity index (χ0) is 11.7. The number of hydrogen-bond donors (Lipinski definition) is 1. The van der Waals surface area contributed by atoms with Gasteiger partial charge in [-0.25, -0.2) is 4.98 Å². The number of nitrogens with two attached hydrogens (primary N) is 1. The average molecular weight is 233 g/mol. The Morgan fingerprint density at radius 1 is 1.06 bits per heavy atom. The van der Waals surface area contributed by atoms with E-state index in [1.54, 1.807) is 6.20 Å². The van der Waals surface area contributed by atoms with Crippen LogP contribution in [-0.2, 0) is 0 Å². The molecule has 0 aliphatic heterocycles. The smallest absolute Gasteiger partial charge is 0.126 e. The summed E-state index contributed by atoms with van der Waals surface area (Å²) in [6, 6.07) is 8.00. The summed E-state index contributed by atoms with van der Waals surface area (Å²) in [5.74, 6) is 0.571. The fraction of sp³-hybridized carbons (Fsp3) is 0.154. The van der Waals surface area contributed by atoms with Crippen LogP contribution in [0, 0.1) is 13.8 Å². The maximum Gasteiger partial charge on any atom is 0.126 e. The van der Waals surface area contributed by atoms with Gasteiger partial charge in [-0.3, -0.25) is 0 Å². The molecule has 0 bridgehead atoms. The highest BCUT2D eigenvalue weighted by Crippen LogP contribution is 2.26. The normalized spacial score (nSPS) is 10.4. The molecule has 1 heterocycles. The van der Waals surface area contributed by atoms with Gasteiger partial charge in [0.15, 0.2) is 0 Å². The fourth-order valence-electron chi connectivity index (χ4n) is 1.52. The number of nitrogens with zero attached hydrogens (tertiary/aromatic N) is 1. The van der Waals surface area contributed by atoms with Crippen LogP contribution in [0.1, 0.15) is 11.1 Å². The molecule has 16 heavy (non-hydrogen) atoms. The van der Waals surface area contributed by atoms with Crippen LogP contribution in [0.2, 0.25) is 5.02 Å². The van der Waals surface area contributed by atoms with Crippen molar-refractivity contribution in [3.63, 3.8) is 0 Å². The predicted octanol–water partition coefficient (Wildman–Crippen LogP) is 3.60. The van der Waals surface area contributed by atoms with Gasteiger partial charge in [0.05, 0.1) is 0 Å². The highest BCUT2D eigenvalue weighted by molar-refractivity contribution is 6.31. The third-order valence-electron chi connectivity index (χ3n) is 2.62. The van der Waals surface area contributed by atoms with E-state index >= 15 is 0 Å². The van der Waals surface area contributed by atoms with E-state index in [1.807, 2.05) is 38.1 Å². The van der Waals surface area contributed by atoms with Crippen molar-refractivity contribution in [3.8, 4) is 11.1 Å². The topological polar surface area (TPSA) is 38.9 Å². The lowest BCUT2D eigenvalue weighted by Crippen LogP contribution is -1.94. The number of aryl methyl sites for hydroxylation is 2. The monoisotopic (exact) mass is 232 g/mol. The molecule has 2 rings (SSSR count). The SMILES string of the molecule is Cc1ccc(-c2cnc(N)c(C)c2)cc1Cl. The first-order valence-corrected chi connectivity index (χ1v) is 5.44. The summed E-state index contributed by atoms with van der Waals surface area (Å²) in [6.45, 7) is 3.93. The van der Waals surface area contributed by atoms with Crippen molar-refractivity contribution in [1.29, 1.82) is 0 Å². The van der Waals surface area contributed by atoms with Gasteiger partial charge >= 0.3 is 0 Å². The number of pyridine rings is 1. The van der Waals surface area contributed by atoms with E-state index < -0.39 is 0 Å². The van der Waals surface area contributed by atoms with Crippen molar-refractivity contribution in [2.24, 2.45) is 0 Å². The van der Waals surface area contributed by atoms with Crippen LogP contribution in [0.15, 0.2) is 30.5 Å². The van der Waals surface area contributed by atoms with Crippen molar-refractivity contribution in [2.45, 2.75) is 13.8 Å². The molecular weight excluding hydrogens is 220 g/mol. The van der Waals surface area contributed by atoms with Gasteiger partial charge in [0.2, 0.25) is 0 Å². The van der Waals surface area contributed by atoms with Crippen LogP contribution in [0.4, 0.5) is 5.82 Å². The first-order valence-electron chi connectivity index (χ1n) is 5.06. The molecular formula is C13H13ClN2. The Labute approximate surface area is 100 Å². The molecule has 0 saturated carbocycles. The molecule has 2 N–H and O–H groups in total. The Morgan fingerprint density at radius 3 is 2.44 bits per heavy atom. The second-order valence-corrected chi connectivity index (χ2v) is 4.30. The van der Waals surface area contributed by atoms with E-state index in [9.17, 15) is 0 Å². The summed E-state index contributed by atoms with van der Waals surface area (Å²) in [7, 11) is 0. The van der Waals surface area contributed by atoms with E-state index in [0.717, 1.165) is 27.3 Å². The number of anilines is 1. The van der Waals surface area contributed by atoms with Crippen LogP contribution in [0.25, 0.3) is 11.1 Å². The number of hydrogen-bond acceptors (Lipinski definition) is 2. The number of rotatable bonds is 1. The lowest BCUT2D eigenvalue weighted by Gasteiger charge is -2.06. The first-order chi connectivity index (χ1) is 7.58. The summed E-state index contributed by atoms with van der Waals surface area (Å²) in [4.78, 5) is 4.14. The fourth-order valence-corrected chi connectivity index (χ4v) is 1.70. The summed E-state index contributed by atoms with van der Waals surface area (Å²) < 4.78 is 0. The minimum Gasteiger partial charge on any atom is -0.383 e. The van der Waals surface area contributed by atoms with Crippen molar-refractivity contribution in [2.75, 3.05) is 5.73 Å². The van der Waals surface area contributed by atoms with Gasteiger partial charge < -0.3 is 5.73 Å². The molecule has 0 spiro atoms. The average Bonchev–Trinajstić information content (AvgIpc) is 2.26. The van der Waals surface area contributed by atoms with Crippen molar-refractivity contribution in [1.82, 2.24) is 4.98 Å². The molecule has 1 aromatic carbocycles. The highest BCUT2D eigenvalue weighted by atomic mass is 35.5. The molecule has 3 heteroatoms. The quantitative estimate of drug-likeness (QED) is 0.816. The molecule has 1 aromatic heterocycles. The Bertz CT molecular complexity index is 486. The van der Waals surface area contributed by atoms with E-state index in [2.05, 4.69) is 4.98 Å². The van der Waals surface area contributed by atoms with Crippen molar-refractivity contribution >= 4 is 17.4 Å². The number of benzene rings is 1. The number of aromatic nitrogens is 1. The first kappa shape index (κ1) is 11.0. The number of halogens is 1. The second-order valence-electron chi connectivity index (χ2n) is 3.89. The van der Waals surface area contributed by atoms with Crippen LogP contribution >= 0.6 is 11.6 Å². The third-order valence-corrected chi connectivity index (χ3v) is 3.03. The van der Waals surface area contributed by atoms with Gasteiger partial charge in [0, 0.05) is 16.8 Å². The van der Waals surface area contributed by atoms with Gasteiger partial charge in [0.1, 0.15) is 5.82 Å². The molecule has 0 saturated heterocycles. The van der Waals surface area contributed by atoms with Gasteiger partial charge in [-0.2, -0.15) is 0 Å². The minimum atomic E-state index is 0.571. The van der Waals surface area contributed by atoms with E-state index in [-0.39, 0.29) is 0 Å². The van der Waals surface area contributed by atoms with Gasteiger partial charge in [0.25, 0.3) is 0 Å². The Balaban J connectivity index is 2.50. The maximum atomic E-state index is 6.09. The third kappa shape index (κ3) is 2.02. The predicted molar refractivity (Wildman–Crippen MR) is 68.6 cm³/mol. The van der Waals surface area contributed by atoms with E-state index in [0.29, 0.717) is 5.82 Å². The molecule has 0 fully saturated rings. The summed E-state index contributed by atoms with van der Waals surface area (Å²) in [5, 5.41) is 0.770. The number of nitrogen functional groups attached to an aromatic ring is 1. The van der Waals surface area contributed by atoms with Crippen LogP contribution in [0.5, 0.6) is 0 Å². The maximum absolute atomic E-state index is 6.09. The largest absolute Gasteiger partial charge is 0.383 e. The van der Waals surface area contributed by atoms with Crippen molar-refractivity contribution < 1.29 is 0 Å². The summed E-state index contributed by atoms with van der Waals surface area (Å²) in [6.07, 6.45) is 1.77. The zero-order valence-electron chi connectivity index (χ0n) is 9.29.